The molecule has 106 valence electrons. The predicted octanol–water partition coefficient (Wildman–Crippen LogP) is 2.47. The first-order valence-electron chi connectivity index (χ1n) is 5.91. The molecule has 1 atom stereocenters. The van der Waals surface area contributed by atoms with Crippen LogP contribution < -0.4 is 5.32 Å². The number of aromatic nitrogens is 1. The van der Waals surface area contributed by atoms with Crippen molar-refractivity contribution in [2.75, 3.05) is 7.11 Å². The molecule has 2 heterocycles. The zero-order valence-electron chi connectivity index (χ0n) is 11.3. The summed E-state index contributed by atoms with van der Waals surface area (Å²) >= 11 is 2.90. The lowest BCUT2D eigenvalue weighted by Gasteiger charge is -2.10. The molecule has 0 aromatic carbocycles. The number of methoxy groups -OCH3 is 1. The molecule has 2 aromatic heterocycles. The minimum Gasteiger partial charge on any atom is -0.467 e. The van der Waals surface area contributed by atoms with Crippen molar-refractivity contribution in [3.05, 3.63) is 27.4 Å². The Kier molecular flexibility index (Phi) is 4.51. The summed E-state index contributed by atoms with van der Waals surface area (Å²) in [6, 6.07) is 1.28. The second-order valence-electron chi connectivity index (χ2n) is 4.16. The van der Waals surface area contributed by atoms with Gasteiger partial charge < -0.3 is 10.1 Å². The van der Waals surface area contributed by atoms with Gasteiger partial charge in [-0.3, -0.25) is 4.79 Å². The van der Waals surface area contributed by atoms with Crippen LogP contribution in [0.25, 0.3) is 10.6 Å². The normalized spacial score (nSPS) is 11.9. The summed E-state index contributed by atoms with van der Waals surface area (Å²) in [6.45, 7) is 3.37. The van der Waals surface area contributed by atoms with Crippen LogP contribution in [0.5, 0.6) is 0 Å². The topological polar surface area (TPSA) is 68.3 Å². The van der Waals surface area contributed by atoms with E-state index in [1.807, 2.05) is 16.8 Å². The Bertz CT molecular complexity index is 620. The maximum Gasteiger partial charge on any atom is 0.328 e. The van der Waals surface area contributed by atoms with Crippen molar-refractivity contribution in [3.63, 3.8) is 0 Å². The van der Waals surface area contributed by atoms with Crippen molar-refractivity contribution in [1.29, 1.82) is 0 Å². The van der Waals surface area contributed by atoms with E-state index in [2.05, 4.69) is 15.0 Å². The molecule has 0 aliphatic carbocycles. The number of nitrogens with one attached hydrogen (secondary N) is 1. The lowest BCUT2D eigenvalue weighted by atomic mass is 10.3. The lowest BCUT2D eigenvalue weighted by molar-refractivity contribution is -0.142. The highest BCUT2D eigenvalue weighted by molar-refractivity contribution is 7.17. The Morgan fingerprint density at radius 3 is 2.80 bits per heavy atom. The Hall–Kier alpha value is -1.73. The first kappa shape index (κ1) is 14.7. The fourth-order valence-electron chi connectivity index (χ4n) is 1.61. The summed E-state index contributed by atoms with van der Waals surface area (Å²) in [7, 11) is 1.29. The van der Waals surface area contributed by atoms with E-state index in [9.17, 15) is 9.59 Å². The van der Waals surface area contributed by atoms with Crippen molar-refractivity contribution in [2.45, 2.75) is 19.9 Å². The number of hydrogen-bond acceptors (Lipinski definition) is 6. The van der Waals surface area contributed by atoms with Crippen LogP contribution in [0, 0.1) is 6.92 Å². The molecule has 0 bridgehead atoms. The minimum atomic E-state index is -0.682. The van der Waals surface area contributed by atoms with E-state index in [1.165, 1.54) is 18.4 Å². The maximum absolute atomic E-state index is 12.1. The van der Waals surface area contributed by atoms with Gasteiger partial charge in [0.2, 0.25) is 0 Å². The fourth-order valence-corrected chi connectivity index (χ4v) is 3.30. The Labute approximate surface area is 124 Å². The summed E-state index contributed by atoms with van der Waals surface area (Å²) in [5.41, 5.74) is 1.66. The molecule has 0 saturated carbocycles. The predicted molar refractivity (Wildman–Crippen MR) is 79.1 cm³/mol. The standard InChI is InChI=1S/C13H14N2O3S2/c1-7-10(11(16)14-8(2)13(17)18-3)20-12(15-7)9-4-5-19-6-9/h4-6,8H,1-3H3,(H,14,16). The van der Waals surface area contributed by atoms with E-state index >= 15 is 0 Å². The molecule has 0 spiro atoms. The van der Waals surface area contributed by atoms with Crippen molar-refractivity contribution >= 4 is 34.6 Å². The van der Waals surface area contributed by atoms with Gasteiger partial charge in [0.1, 0.15) is 15.9 Å². The third-order valence-electron chi connectivity index (χ3n) is 2.67. The molecule has 0 saturated heterocycles. The van der Waals surface area contributed by atoms with E-state index < -0.39 is 12.0 Å². The Morgan fingerprint density at radius 2 is 2.20 bits per heavy atom. The van der Waals surface area contributed by atoms with E-state index in [1.54, 1.807) is 25.2 Å². The summed E-state index contributed by atoms with van der Waals surface area (Å²) in [5, 5.41) is 7.36. The van der Waals surface area contributed by atoms with Gasteiger partial charge >= 0.3 is 5.97 Å². The number of ether oxygens (including phenoxy) is 1. The number of carbonyl (C=O) groups excluding carboxylic acids is 2. The Balaban J connectivity index is 2.17. The second kappa shape index (κ2) is 6.15. The minimum absolute atomic E-state index is 0.306. The third-order valence-corrected chi connectivity index (χ3v) is 4.56. The highest BCUT2D eigenvalue weighted by Crippen LogP contribution is 2.29. The average molecular weight is 310 g/mol. The zero-order valence-corrected chi connectivity index (χ0v) is 12.9. The quantitative estimate of drug-likeness (QED) is 0.881. The van der Waals surface area contributed by atoms with E-state index in [4.69, 9.17) is 0 Å². The lowest BCUT2D eigenvalue weighted by Crippen LogP contribution is -2.39. The monoisotopic (exact) mass is 310 g/mol. The number of thiophene rings is 1. The van der Waals surface area contributed by atoms with Gasteiger partial charge in [-0.1, -0.05) is 0 Å². The van der Waals surface area contributed by atoms with E-state index in [0.717, 1.165) is 10.6 Å². The van der Waals surface area contributed by atoms with Crippen molar-refractivity contribution in [3.8, 4) is 10.6 Å². The highest BCUT2D eigenvalue weighted by Gasteiger charge is 2.21. The molecule has 5 nitrogen and oxygen atoms in total. The third kappa shape index (κ3) is 3.05. The molecule has 2 aromatic rings. The van der Waals surface area contributed by atoms with Gasteiger partial charge in [-0.05, 0) is 25.3 Å². The van der Waals surface area contributed by atoms with Crippen LogP contribution in [-0.4, -0.2) is 30.0 Å². The number of carbonyl (C=O) groups is 2. The van der Waals surface area contributed by atoms with Gasteiger partial charge in [0.05, 0.1) is 12.8 Å². The summed E-state index contributed by atoms with van der Waals surface area (Å²) in [6.07, 6.45) is 0. The molecular formula is C13H14N2O3S2. The molecule has 0 fully saturated rings. The summed E-state index contributed by atoms with van der Waals surface area (Å²) in [4.78, 5) is 28.4. The van der Waals surface area contributed by atoms with Gasteiger partial charge in [-0.2, -0.15) is 11.3 Å². The van der Waals surface area contributed by atoms with Gasteiger partial charge in [0, 0.05) is 10.9 Å². The molecule has 1 N–H and O–H groups in total. The zero-order chi connectivity index (χ0) is 14.7. The van der Waals surface area contributed by atoms with Crippen LogP contribution in [0.1, 0.15) is 22.3 Å². The van der Waals surface area contributed by atoms with Crippen molar-refractivity contribution in [2.24, 2.45) is 0 Å². The van der Waals surface area contributed by atoms with Gasteiger partial charge in [-0.25, -0.2) is 9.78 Å². The molecule has 1 unspecified atom stereocenters. The van der Waals surface area contributed by atoms with Crippen molar-refractivity contribution < 1.29 is 14.3 Å². The number of amides is 1. The number of esters is 1. The van der Waals surface area contributed by atoms with Crippen LogP contribution in [-0.2, 0) is 9.53 Å². The average Bonchev–Trinajstić information content (AvgIpc) is 3.06. The first-order chi connectivity index (χ1) is 9.52. The smallest absolute Gasteiger partial charge is 0.328 e. The second-order valence-corrected chi connectivity index (χ2v) is 5.94. The molecule has 0 aliphatic heterocycles. The Morgan fingerprint density at radius 1 is 1.45 bits per heavy atom. The van der Waals surface area contributed by atoms with E-state index in [0.29, 0.717) is 10.6 Å². The van der Waals surface area contributed by atoms with Crippen LogP contribution >= 0.6 is 22.7 Å². The van der Waals surface area contributed by atoms with Crippen LogP contribution in [0.15, 0.2) is 16.8 Å². The highest BCUT2D eigenvalue weighted by atomic mass is 32.1. The van der Waals surface area contributed by atoms with Crippen LogP contribution in [0.2, 0.25) is 0 Å². The van der Waals surface area contributed by atoms with Gasteiger partial charge in [0.25, 0.3) is 5.91 Å². The first-order valence-corrected chi connectivity index (χ1v) is 7.67. The summed E-state index contributed by atoms with van der Waals surface area (Å²) in [5.74, 6) is -0.780. The molecule has 1 amide bonds. The SMILES string of the molecule is COC(=O)C(C)NC(=O)c1sc(-c2ccsc2)nc1C. The molecule has 20 heavy (non-hydrogen) atoms. The maximum atomic E-state index is 12.1. The number of hydrogen-bond donors (Lipinski definition) is 1. The molecule has 0 aliphatic rings. The number of rotatable bonds is 4. The molecule has 0 radical (unpaired) electrons. The molecule has 7 heteroatoms. The number of aryl methyl sites for hydroxylation is 1. The van der Waals surface area contributed by atoms with Crippen LogP contribution in [0.3, 0.4) is 0 Å². The summed E-state index contributed by atoms with van der Waals surface area (Å²) < 4.78 is 4.58. The van der Waals surface area contributed by atoms with Crippen LogP contribution in [0.4, 0.5) is 0 Å². The number of nitrogens with zero attached hydrogens (tertiary/aromatic N) is 1. The van der Waals surface area contributed by atoms with Gasteiger partial charge in [-0.15, -0.1) is 11.3 Å². The number of thiazole rings is 1. The molecule has 2 rings (SSSR count). The fraction of sp³-hybridized carbons (Fsp3) is 0.308. The van der Waals surface area contributed by atoms with E-state index in [-0.39, 0.29) is 5.91 Å². The molecular weight excluding hydrogens is 296 g/mol. The van der Waals surface area contributed by atoms with Crippen molar-refractivity contribution in [1.82, 2.24) is 10.3 Å². The van der Waals surface area contributed by atoms with Gasteiger partial charge in [0.15, 0.2) is 0 Å². The largest absolute Gasteiger partial charge is 0.467 e.